The van der Waals surface area contributed by atoms with Crippen LogP contribution in [0.15, 0.2) is 0 Å². The molecule has 2 rings (SSSR count). The molecule has 0 spiro atoms. The number of epoxide rings is 1. The lowest BCUT2D eigenvalue weighted by atomic mass is 9.86. The Morgan fingerprint density at radius 2 is 1.81 bits per heavy atom. The third-order valence-corrected chi connectivity index (χ3v) is 3.28. The summed E-state index contributed by atoms with van der Waals surface area (Å²) in [4.78, 5) is 11.7. The molecular weight excluding hydrogens is 204 g/mol. The molecule has 2 unspecified atom stereocenters. The predicted octanol–water partition coefficient (Wildman–Crippen LogP) is 2.68. The molecule has 1 aliphatic heterocycles. The molecule has 0 N–H and O–H groups in total. The van der Waals surface area contributed by atoms with E-state index in [1.807, 2.05) is 20.8 Å². The highest BCUT2D eigenvalue weighted by molar-refractivity contribution is 5.78. The Bertz CT molecular complexity index is 261. The molecule has 3 heteroatoms. The van der Waals surface area contributed by atoms with E-state index < -0.39 is 5.60 Å². The predicted molar refractivity (Wildman–Crippen MR) is 61.1 cm³/mol. The highest BCUT2D eigenvalue weighted by Gasteiger charge is 2.51. The van der Waals surface area contributed by atoms with Gasteiger partial charge in [0, 0.05) is 0 Å². The summed E-state index contributed by atoms with van der Waals surface area (Å²) in [5.41, 5.74) is -0.403. The minimum atomic E-state index is -0.403. The molecule has 1 heterocycles. The van der Waals surface area contributed by atoms with Gasteiger partial charge in [-0.1, -0.05) is 19.3 Å². The summed E-state index contributed by atoms with van der Waals surface area (Å²) in [6.45, 7) is 5.68. The van der Waals surface area contributed by atoms with Gasteiger partial charge < -0.3 is 9.47 Å². The number of carbonyl (C=O) groups excluding carboxylic acids is 1. The number of carbonyl (C=O) groups is 1. The molecular formula is C13H22O3. The summed E-state index contributed by atoms with van der Waals surface area (Å²) >= 11 is 0. The van der Waals surface area contributed by atoms with Crippen LogP contribution in [0.4, 0.5) is 0 Å². The molecule has 2 atom stereocenters. The van der Waals surface area contributed by atoms with Gasteiger partial charge in [0.15, 0.2) is 6.10 Å². The topological polar surface area (TPSA) is 38.8 Å². The second-order valence-corrected chi connectivity index (χ2v) is 5.95. The molecule has 0 aromatic rings. The first-order valence-electron chi connectivity index (χ1n) is 6.36. The highest BCUT2D eigenvalue weighted by atomic mass is 16.6. The molecule has 0 radical (unpaired) electrons. The van der Waals surface area contributed by atoms with Crippen molar-refractivity contribution in [2.75, 3.05) is 0 Å². The van der Waals surface area contributed by atoms with Crippen molar-refractivity contribution in [1.82, 2.24) is 0 Å². The number of rotatable bonds is 2. The molecule has 1 aliphatic carbocycles. The fourth-order valence-electron chi connectivity index (χ4n) is 2.49. The lowest BCUT2D eigenvalue weighted by molar-refractivity contribution is -0.156. The molecule has 16 heavy (non-hydrogen) atoms. The second-order valence-electron chi connectivity index (χ2n) is 5.95. The second kappa shape index (κ2) is 4.36. The zero-order valence-electron chi connectivity index (χ0n) is 10.5. The van der Waals surface area contributed by atoms with E-state index in [4.69, 9.17) is 9.47 Å². The van der Waals surface area contributed by atoms with E-state index in [1.165, 1.54) is 32.1 Å². The van der Waals surface area contributed by atoms with Gasteiger partial charge in [-0.25, -0.2) is 4.79 Å². The summed E-state index contributed by atoms with van der Waals surface area (Å²) in [7, 11) is 0. The van der Waals surface area contributed by atoms with Crippen molar-refractivity contribution < 1.29 is 14.3 Å². The first-order valence-corrected chi connectivity index (χ1v) is 6.36. The normalized spacial score (nSPS) is 31.2. The Kier molecular flexibility index (Phi) is 3.24. The number of esters is 1. The average molecular weight is 226 g/mol. The lowest BCUT2D eigenvalue weighted by Gasteiger charge is -2.20. The van der Waals surface area contributed by atoms with Crippen LogP contribution >= 0.6 is 0 Å². The molecule has 0 aromatic heterocycles. The van der Waals surface area contributed by atoms with Crippen molar-refractivity contribution in [2.24, 2.45) is 5.92 Å². The standard InChI is InChI=1S/C13H22O3/c1-13(2,3)16-12(14)11-10(15-11)9-7-5-4-6-8-9/h9-11H,4-8H2,1-3H3. The summed E-state index contributed by atoms with van der Waals surface area (Å²) in [6.07, 6.45) is 6.20. The van der Waals surface area contributed by atoms with Crippen LogP contribution in [0.25, 0.3) is 0 Å². The van der Waals surface area contributed by atoms with Gasteiger partial charge in [-0.05, 0) is 39.5 Å². The molecule has 2 aliphatic rings. The van der Waals surface area contributed by atoms with Crippen LogP contribution in [-0.4, -0.2) is 23.8 Å². The zero-order valence-corrected chi connectivity index (χ0v) is 10.5. The molecule has 1 saturated carbocycles. The quantitative estimate of drug-likeness (QED) is 0.536. The summed E-state index contributed by atoms with van der Waals surface area (Å²) in [6, 6.07) is 0. The van der Waals surface area contributed by atoms with Crippen LogP contribution in [0.1, 0.15) is 52.9 Å². The smallest absolute Gasteiger partial charge is 0.338 e. The molecule has 1 saturated heterocycles. The Morgan fingerprint density at radius 1 is 1.19 bits per heavy atom. The van der Waals surface area contributed by atoms with Gasteiger partial charge in [0.2, 0.25) is 0 Å². The maximum absolute atomic E-state index is 11.7. The van der Waals surface area contributed by atoms with Crippen molar-refractivity contribution in [3.05, 3.63) is 0 Å². The van der Waals surface area contributed by atoms with Crippen LogP contribution in [0.2, 0.25) is 0 Å². The first-order chi connectivity index (χ1) is 7.47. The van der Waals surface area contributed by atoms with Gasteiger partial charge in [-0.3, -0.25) is 0 Å². The van der Waals surface area contributed by atoms with Crippen LogP contribution in [0.5, 0.6) is 0 Å². The molecule has 0 bridgehead atoms. The van der Waals surface area contributed by atoms with Crippen molar-refractivity contribution in [1.29, 1.82) is 0 Å². The molecule has 2 fully saturated rings. The van der Waals surface area contributed by atoms with E-state index in [2.05, 4.69) is 0 Å². The van der Waals surface area contributed by atoms with E-state index in [0.717, 1.165) is 0 Å². The monoisotopic (exact) mass is 226 g/mol. The van der Waals surface area contributed by atoms with Gasteiger partial charge in [0.25, 0.3) is 0 Å². The number of ether oxygens (including phenoxy) is 2. The van der Waals surface area contributed by atoms with Crippen molar-refractivity contribution >= 4 is 5.97 Å². The van der Waals surface area contributed by atoms with Gasteiger partial charge in [-0.2, -0.15) is 0 Å². The minimum absolute atomic E-state index is 0.148. The number of hydrogen-bond acceptors (Lipinski definition) is 3. The fraction of sp³-hybridized carbons (Fsp3) is 0.923. The van der Waals surface area contributed by atoms with E-state index in [1.54, 1.807) is 0 Å². The third kappa shape index (κ3) is 2.97. The van der Waals surface area contributed by atoms with Crippen LogP contribution < -0.4 is 0 Å². The summed E-state index contributed by atoms with van der Waals surface area (Å²) in [5.74, 6) is 0.411. The SMILES string of the molecule is CC(C)(C)OC(=O)C1OC1C1CCCCC1. The maximum atomic E-state index is 11.7. The maximum Gasteiger partial charge on any atom is 0.338 e. The summed E-state index contributed by atoms with van der Waals surface area (Å²) < 4.78 is 10.8. The van der Waals surface area contributed by atoms with Crippen molar-refractivity contribution in [2.45, 2.75) is 70.7 Å². The molecule has 0 amide bonds. The Labute approximate surface area is 97.5 Å². The van der Waals surface area contributed by atoms with Crippen molar-refractivity contribution in [3.8, 4) is 0 Å². The first kappa shape index (κ1) is 11.9. The fourth-order valence-corrected chi connectivity index (χ4v) is 2.49. The van der Waals surface area contributed by atoms with E-state index >= 15 is 0 Å². The van der Waals surface area contributed by atoms with Crippen LogP contribution in [0, 0.1) is 5.92 Å². The molecule has 92 valence electrons. The van der Waals surface area contributed by atoms with Crippen LogP contribution in [-0.2, 0) is 14.3 Å². The van der Waals surface area contributed by atoms with Gasteiger partial charge in [0.1, 0.15) is 5.60 Å². The van der Waals surface area contributed by atoms with Gasteiger partial charge in [0.05, 0.1) is 6.10 Å². The largest absolute Gasteiger partial charge is 0.458 e. The van der Waals surface area contributed by atoms with E-state index in [0.29, 0.717) is 5.92 Å². The highest BCUT2D eigenvalue weighted by Crippen LogP contribution is 2.39. The van der Waals surface area contributed by atoms with Crippen LogP contribution in [0.3, 0.4) is 0 Å². The lowest BCUT2D eigenvalue weighted by Crippen LogP contribution is -2.28. The Hall–Kier alpha value is -0.570. The van der Waals surface area contributed by atoms with E-state index in [-0.39, 0.29) is 18.2 Å². The molecule has 3 nitrogen and oxygen atoms in total. The zero-order chi connectivity index (χ0) is 11.8. The summed E-state index contributed by atoms with van der Waals surface area (Å²) in [5, 5.41) is 0. The van der Waals surface area contributed by atoms with Gasteiger partial charge in [-0.15, -0.1) is 0 Å². The Morgan fingerprint density at radius 3 is 2.38 bits per heavy atom. The van der Waals surface area contributed by atoms with Gasteiger partial charge >= 0.3 is 5.97 Å². The van der Waals surface area contributed by atoms with Crippen molar-refractivity contribution in [3.63, 3.8) is 0 Å². The third-order valence-electron chi connectivity index (χ3n) is 3.28. The minimum Gasteiger partial charge on any atom is -0.458 e. The number of hydrogen-bond donors (Lipinski definition) is 0. The average Bonchev–Trinajstić information content (AvgIpc) is 2.96. The Balaban J connectivity index is 1.79. The molecule has 0 aromatic carbocycles. The van der Waals surface area contributed by atoms with E-state index in [9.17, 15) is 4.79 Å².